The van der Waals surface area contributed by atoms with Crippen LogP contribution in [0.2, 0.25) is 0 Å². The molecule has 0 aromatic rings. The predicted octanol–water partition coefficient (Wildman–Crippen LogP) is 3.54. The van der Waals surface area contributed by atoms with E-state index in [4.69, 9.17) is 5.73 Å². The van der Waals surface area contributed by atoms with Crippen LogP contribution >= 0.6 is 0 Å². The molecule has 0 aromatic carbocycles. The second-order valence-electron chi connectivity index (χ2n) is 3.16. The second kappa shape index (κ2) is 5.63. The zero-order chi connectivity index (χ0) is 10.4. The minimum atomic E-state index is 0.880. The third kappa shape index (κ3) is 3.10. The lowest BCUT2D eigenvalue weighted by Crippen LogP contribution is -2.01. The van der Waals surface area contributed by atoms with Gasteiger partial charge in [-0.1, -0.05) is 19.1 Å². The number of nitrogens with two attached hydrogens (primary N) is 1. The van der Waals surface area contributed by atoms with E-state index in [9.17, 15) is 0 Å². The molecule has 0 saturated heterocycles. The topological polar surface area (TPSA) is 26.0 Å². The SMILES string of the molecule is C\C=C(CC)/C(C)=C(C)\C(N)=C/C. The highest BCUT2D eigenvalue weighted by Gasteiger charge is 2.02. The van der Waals surface area contributed by atoms with Crippen LogP contribution in [-0.2, 0) is 0 Å². The number of allylic oxidation sites excluding steroid dienone is 5. The highest BCUT2D eigenvalue weighted by Crippen LogP contribution is 2.19. The molecule has 0 rings (SSSR count). The van der Waals surface area contributed by atoms with Crippen molar-refractivity contribution in [2.24, 2.45) is 5.73 Å². The van der Waals surface area contributed by atoms with Crippen LogP contribution < -0.4 is 5.73 Å². The summed E-state index contributed by atoms with van der Waals surface area (Å²) in [7, 11) is 0. The Hall–Kier alpha value is -0.980. The summed E-state index contributed by atoms with van der Waals surface area (Å²) in [5.74, 6) is 0. The molecule has 0 aliphatic rings. The van der Waals surface area contributed by atoms with Gasteiger partial charge in [0.25, 0.3) is 0 Å². The highest BCUT2D eigenvalue weighted by atomic mass is 14.6. The predicted molar refractivity (Wildman–Crippen MR) is 60.4 cm³/mol. The lowest BCUT2D eigenvalue weighted by molar-refractivity contribution is 1.07. The molecule has 0 amide bonds. The van der Waals surface area contributed by atoms with E-state index in [0.29, 0.717) is 0 Å². The molecular formula is C12H21N. The smallest absolute Gasteiger partial charge is 0.0303 e. The van der Waals surface area contributed by atoms with Gasteiger partial charge in [-0.15, -0.1) is 0 Å². The van der Waals surface area contributed by atoms with Crippen molar-refractivity contribution in [3.63, 3.8) is 0 Å². The second-order valence-corrected chi connectivity index (χ2v) is 3.16. The van der Waals surface area contributed by atoms with Gasteiger partial charge >= 0.3 is 0 Å². The van der Waals surface area contributed by atoms with E-state index in [2.05, 4.69) is 33.8 Å². The van der Waals surface area contributed by atoms with Crippen molar-refractivity contribution in [2.45, 2.75) is 41.0 Å². The zero-order valence-electron chi connectivity index (χ0n) is 9.44. The maximum Gasteiger partial charge on any atom is 0.0303 e. The first kappa shape index (κ1) is 12.0. The Kier molecular flexibility index (Phi) is 5.20. The molecule has 0 aliphatic carbocycles. The van der Waals surface area contributed by atoms with E-state index in [1.165, 1.54) is 16.7 Å². The fourth-order valence-corrected chi connectivity index (χ4v) is 1.36. The summed E-state index contributed by atoms with van der Waals surface area (Å²) in [5, 5.41) is 0. The van der Waals surface area contributed by atoms with Gasteiger partial charge in [-0.3, -0.25) is 0 Å². The van der Waals surface area contributed by atoms with E-state index in [0.717, 1.165) is 12.1 Å². The maximum atomic E-state index is 5.84. The van der Waals surface area contributed by atoms with Gasteiger partial charge in [0.1, 0.15) is 0 Å². The summed E-state index contributed by atoms with van der Waals surface area (Å²) >= 11 is 0. The fourth-order valence-electron chi connectivity index (χ4n) is 1.36. The average molecular weight is 179 g/mol. The minimum absolute atomic E-state index is 0.880. The van der Waals surface area contributed by atoms with Gasteiger partial charge in [0, 0.05) is 5.70 Å². The average Bonchev–Trinajstić information content (AvgIpc) is 2.17. The van der Waals surface area contributed by atoms with Crippen LogP contribution in [0.25, 0.3) is 0 Å². The Balaban J connectivity index is 5.02. The van der Waals surface area contributed by atoms with Gasteiger partial charge in [0.05, 0.1) is 0 Å². The molecule has 13 heavy (non-hydrogen) atoms. The summed E-state index contributed by atoms with van der Waals surface area (Å²) in [6.45, 7) is 10.4. The minimum Gasteiger partial charge on any atom is -0.399 e. The zero-order valence-corrected chi connectivity index (χ0v) is 9.44. The molecule has 0 aromatic heterocycles. The molecule has 0 fully saturated rings. The number of hydrogen-bond acceptors (Lipinski definition) is 1. The maximum absolute atomic E-state index is 5.84. The summed E-state index contributed by atoms with van der Waals surface area (Å²) < 4.78 is 0. The van der Waals surface area contributed by atoms with Crippen molar-refractivity contribution in [1.82, 2.24) is 0 Å². The van der Waals surface area contributed by atoms with Crippen LogP contribution in [0.4, 0.5) is 0 Å². The highest BCUT2D eigenvalue weighted by molar-refractivity contribution is 5.40. The van der Waals surface area contributed by atoms with E-state index in [1.54, 1.807) is 0 Å². The quantitative estimate of drug-likeness (QED) is 0.659. The third-order valence-electron chi connectivity index (χ3n) is 2.52. The van der Waals surface area contributed by atoms with Crippen LogP contribution in [0.3, 0.4) is 0 Å². The Bertz CT molecular complexity index is 254. The molecule has 0 unspecified atom stereocenters. The Morgan fingerprint density at radius 2 is 1.62 bits per heavy atom. The number of rotatable bonds is 3. The summed E-state index contributed by atoms with van der Waals surface area (Å²) in [6, 6.07) is 0. The third-order valence-corrected chi connectivity index (χ3v) is 2.52. The standard InChI is InChI=1S/C12H21N/c1-6-11(7-2)9(4)10(5)12(13)8-3/h6,8H,7,13H2,1-5H3/b10-9-,11-6-,12-8+. The monoisotopic (exact) mass is 179 g/mol. The summed E-state index contributed by atoms with van der Waals surface area (Å²) in [6.07, 6.45) is 5.17. The van der Waals surface area contributed by atoms with Crippen LogP contribution in [0.5, 0.6) is 0 Å². The van der Waals surface area contributed by atoms with E-state index < -0.39 is 0 Å². The summed E-state index contributed by atoms with van der Waals surface area (Å²) in [5.41, 5.74) is 10.6. The molecule has 0 saturated carbocycles. The first-order chi connectivity index (χ1) is 6.08. The molecule has 1 heteroatoms. The van der Waals surface area contributed by atoms with Gasteiger partial charge in [-0.05, 0) is 50.8 Å². The van der Waals surface area contributed by atoms with E-state index in [1.807, 2.05) is 13.0 Å². The molecule has 0 atom stereocenters. The lowest BCUT2D eigenvalue weighted by Gasteiger charge is -2.10. The molecule has 0 spiro atoms. The van der Waals surface area contributed by atoms with Gasteiger partial charge < -0.3 is 5.73 Å². The molecule has 0 aliphatic heterocycles. The molecular weight excluding hydrogens is 158 g/mol. The Morgan fingerprint density at radius 3 is 1.92 bits per heavy atom. The Morgan fingerprint density at radius 1 is 1.08 bits per heavy atom. The molecule has 1 nitrogen and oxygen atoms in total. The van der Waals surface area contributed by atoms with Crippen molar-refractivity contribution >= 4 is 0 Å². The largest absolute Gasteiger partial charge is 0.399 e. The number of hydrogen-bond donors (Lipinski definition) is 1. The van der Waals surface area contributed by atoms with Crippen molar-refractivity contribution < 1.29 is 0 Å². The van der Waals surface area contributed by atoms with E-state index in [-0.39, 0.29) is 0 Å². The van der Waals surface area contributed by atoms with Crippen LogP contribution in [-0.4, -0.2) is 0 Å². The van der Waals surface area contributed by atoms with Crippen molar-refractivity contribution in [3.05, 3.63) is 34.6 Å². The first-order valence-electron chi connectivity index (χ1n) is 4.83. The van der Waals surface area contributed by atoms with Gasteiger partial charge in [-0.2, -0.15) is 0 Å². The molecule has 74 valence electrons. The van der Waals surface area contributed by atoms with Crippen molar-refractivity contribution in [2.75, 3.05) is 0 Å². The van der Waals surface area contributed by atoms with E-state index >= 15 is 0 Å². The molecule has 0 bridgehead atoms. The van der Waals surface area contributed by atoms with Gasteiger partial charge in [0.15, 0.2) is 0 Å². The van der Waals surface area contributed by atoms with Crippen molar-refractivity contribution in [3.8, 4) is 0 Å². The molecule has 2 N–H and O–H groups in total. The summed E-state index contributed by atoms with van der Waals surface area (Å²) in [4.78, 5) is 0. The van der Waals surface area contributed by atoms with Crippen molar-refractivity contribution in [1.29, 1.82) is 0 Å². The van der Waals surface area contributed by atoms with Crippen LogP contribution in [0.15, 0.2) is 34.6 Å². The van der Waals surface area contributed by atoms with Gasteiger partial charge in [-0.25, -0.2) is 0 Å². The Labute approximate surface area is 82.0 Å². The lowest BCUT2D eigenvalue weighted by atomic mass is 9.98. The molecule has 0 radical (unpaired) electrons. The van der Waals surface area contributed by atoms with Gasteiger partial charge in [0.2, 0.25) is 0 Å². The van der Waals surface area contributed by atoms with Crippen LogP contribution in [0, 0.1) is 0 Å². The normalized spacial score (nSPS) is 15.8. The molecule has 0 heterocycles. The first-order valence-corrected chi connectivity index (χ1v) is 4.83. The van der Waals surface area contributed by atoms with Crippen LogP contribution in [0.1, 0.15) is 41.0 Å². The fraction of sp³-hybridized carbons (Fsp3) is 0.500.